The number of Topliss-reactive ketones (excluding diaryl/α,β-unsaturated/α-hetero) is 1. The number of hydrogen-bond acceptors (Lipinski definition) is 3. The van der Waals surface area contributed by atoms with E-state index in [9.17, 15) is 9.59 Å². The number of benzene rings is 2. The van der Waals surface area contributed by atoms with E-state index in [1.54, 1.807) is 18.2 Å². The third kappa shape index (κ3) is 4.45. The second kappa shape index (κ2) is 6.70. The lowest BCUT2D eigenvalue weighted by Gasteiger charge is -2.12. The number of hydrogen-bond donors (Lipinski definition) is 1. The van der Waals surface area contributed by atoms with E-state index in [1.165, 1.54) is 6.92 Å². The Morgan fingerprint density at radius 2 is 1.86 bits per heavy atom. The van der Waals surface area contributed by atoms with Gasteiger partial charge in [0.1, 0.15) is 11.5 Å². The highest BCUT2D eigenvalue weighted by Gasteiger charge is 2.10. The largest absolute Gasteiger partial charge is 0.455 e. The smallest absolute Gasteiger partial charge is 0.231 e. The highest BCUT2D eigenvalue weighted by Crippen LogP contribution is 2.29. The Morgan fingerprint density at radius 3 is 2.57 bits per heavy atom. The van der Waals surface area contributed by atoms with Crippen molar-refractivity contribution in [3.8, 4) is 11.5 Å². The van der Waals surface area contributed by atoms with Crippen LogP contribution in [-0.4, -0.2) is 11.7 Å². The van der Waals surface area contributed by atoms with Crippen LogP contribution in [0.25, 0.3) is 0 Å². The van der Waals surface area contributed by atoms with Crippen LogP contribution >= 0.6 is 0 Å². The number of carbonyl (C=O) groups is 2. The zero-order valence-corrected chi connectivity index (χ0v) is 12.1. The second-order valence-corrected chi connectivity index (χ2v) is 4.84. The molecule has 0 saturated carbocycles. The summed E-state index contributed by atoms with van der Waals surface area (Å²) >= 11 is 0. The van der Waals surface area contributed by atoms with Gasteiger partial charge >= 0.3 is 0 Å². The number of aryl methyl sites for hydroxylation is 1. The fourth-order valence-corrected chi connectivity index (χ4v) is 1.89. The van der Waals surface area contributed by atoms with E-state index in [-0.39, 0.29) is 18.1 Å². The molecule has 0 saturated heterocycles. The van der Waals surface area contributed by atoms with E-state index in [1.807, 2.05) is 37.3 Å². The summed E-state index contributed by atoms with van der Waals surface area (Å²) < 4.78 is 5.80. The quantitative estimate of drug-likeness (QED) is 0.851. The zero-order chi connectivity index (χ0) is 15.2. The first kappa shape index (κ1) is 14.8. The van der Waals surface area contributed by atoms with E-state index in [2.05, 4.69) is 5.32 Å². The molecular formula is C17H17NO3. The molecule has 0 aromatic heterocycles. The van der Waals surface area contributed by atoms with Gasteiger partial charge in [0, 0.05) is 0 Å². The van der Waals surface area contributed by atoms with Gasteiger partial charge in [0.2, 0.25) is 5.91 Å². The average Bonchev–Trinajstić information content (AvgIpc) is 2.40. The first-order valence-corrected chi connectivity index (χ1v) is 6.67. The molecule has 2 aromatic carbocycles. The molecule has 0 fully saturated rings. The van der Waals surface area contributed by atoms with Crippen molar-refractivity contribution >= 4 is 17.4 Å². The molecule has 0 atom stereocenters. The first-order valence-electron chi connectivity index (χ1n) is 6.67. The summed E-state index contributed by atoms with van der Waals surface area (Å²) in [6, 6.07) is 14.8. The SMILES string of the molecule is CC(=O)CC(=O)Nc1ccccc1Oc1cccc(C)c1. The van der Waals surface area contributed by atoms with E-state index >= 15 is 0 Å². The number of carbonyl (C=O) groups excluding carboxylic acids is 2. The minimum Gasteiger partial charge on any atom is -0.455 e. The molecule has 4 heteroatoms. The monoisotopic (exact) mass is 283 g/mol. The van der Waals surface area contributed by atoms with E-state index in [0.717, 1.165) is 5.56 Å². The topological polar surface area (TPSA) is 55.4 Å². The van der Waals surface area contributed by atoms with Crippen molar-refractivity contribution in [2.24, 2.45) is 0 Å². The molecule has 2 aromatic rings. The molecule has 0 spiro atoms. The van der Waals surface area contributed by atoms with Crippen LogP contribution in [0.15, 0.2) is 48.5 Å². The number of ether oxygens (including phenoxy) is 1. The van der Waals surface area contributed by atoms with Crippen LogP contribution in [0.2, 0.25) is 0 Å². The predicted octanol–water partition coefficient (Wildman–Crippen LogP) is 3.70. The maximum Gasteiger partial charge on any atom is 0.231 e. The van der Waals surface area contributed by atoms with Crippen LogP contribution in [0, 0.1) is 6.92 Å². The summed E-state index contributed by atoms with van der Waals surface area (Å²) in [6.45, 7) is 3.36. The molecule has 4 nitrogen and oxygen atoms in total. The Morgan fingerprint density at radius 1 is 1.10 bits per heavy atom. The van der Waals surface area contributed by atoms with Gasteiger partial charge in [-0.1, -0.05) is 24.3 Å². The van der Waals surface area contributed by atoms with Crippen molar-refractivity contribution in [3.63, 3.8) is 0 Å². The van der Waals surface area contributed by atoms with Gasteiger partial charge in [0.25, 0.3) is 0 Å². The minimum absolute atomic E-state index is 0.140. The van der Waals surface area contributed by atoms with Crippen LogP contribution in [0.1, 0.15) is 18.9 Å². The number of ketones is 1. The predicted molar refractivity (Wildman–Crippen MR) is 81.6 cm³/mol. The molecule has 0 heterocycles. The van der Waals surface area contributed by atoms with Crippen molar-refractivity contribution in [3.05, 3.63) is 54.1 Å². The molecule has 0 unspecified atom stereocenters. The van der Waals surface area contributed by atoms with Gasteiger partial charge < -0.3 is 10.1 Å². The molecule has 1 N–H and O–H groups in total. The number of para-hydroxylation sites is 2. The second-order valence-electron chi connectivity index (χ2n) is 4.84. The Hall–Kier alpha value is -2.62. The molecule has 108 valence electrons. The van der Waals surface area contributed by atoms with Crippen molar-refractivity contribution in [1.82, 2.24) is 0 Å². The van der Waals surface area contributed by atoms with Crippen LogP contribution < -0.4 is 10.1 Å². The summed E-state index contributed by atoms with van der Waals surface area (Å²) in [4.78, 5) is 22.7. The van der Waals surface area contributed by atoms with Crippen LogP contribution in [0.3, 0.4) is 0 Å². The number of nitrogens with one attached hydrogen (secondary N) is 1. The lowest BCUT2D eigenvalue weighted by molar-refractivity contribution is -0.124. The number of anilines is 1. The van der Waals surface area contributed by atoms with Crippen LogP contribution in [0.4, 0.5) is 5.69 Å². The fraction of sp³-hybridized carbons (Fsp3) is 0.176. The summed E-state index contributed by atoms with van der Waals surface area (Å²) in [5.74, 6) is 0.718. The van der Waals surface area contributed by atoms with Crippen molar-refractivity contribution < 1.29 is 14.3 Å². The molecular weight excluding hydrogens is 266 g/mol. The van der Waals surface area contributed by atoms with E-state index in [0.29, 0.717) is 17.2 Å². The van der Waals surface area contributed by atoms with Gasteiger partial charge in [0.15, 0.2) is 5.75 Å². The van der Waals surface area contributed by atoms with E-state index in [4.69, 9.17) is 4.74 Å². The van der Waals surface area contributed by atoms with Gasteiger partial charge in [-0.3, -0.25) is 9.59 Å². The highest BCUT2D eigenvalue weighted by atomic mass is 16.5. The fourth-order valence-electron chi connectivity index (χ4n) is 1.89. The van der Waals surface area contributed by atoms with E-state index < -0.39 is 0 Å². The first-order chi connectivity index (χ1) is 10.0. The summed E-state index contributed by atoms with van der Waals surface area (Å²) in [7, 11) is 0. The zero-order valence-electron chi connectivity index (χ0n) is 12.1. The van der Waals surface area contributed by atoms with Gasteiger partial charge in [0.05, 0.1) is 12.1 Å². The molecule has 0 aliphatic rings. The Balaban J connectivity index is 2.17. The van der Waals surface area contributed by atoms with Crippen LogP contribution in [-0.2, 0) is 9.59 Å². The Labute approximate surface area is 123 Å². The molecule has 0 aliphatic heterocycles. The number of amides is 1. The maximum absolute atomic E-state index is 11.7. The number of rotatable bonds is 5. The van der Waals surface area contributed by atoms with Gasteiger partial charge in [-0.15, -0.1) is 0 Å². The average molecular weight is 283 g/mol. The minimum atomic E-state index is -0.345. The van der Waals surface area contributed by atoms with Gasteiger partial charge in [-0.05, 0) is 43.7 Å². The van der Waals surface area contributed by atoms with Gasteiger partial charge in [-0.25, -0.2) is 0 Å². The van der Waals surface area contributed by atoms with Crippen molar-refractivity contribution in [1.29, 1.82) is 0 Å². The van der Waals surface area contributed by atoms with Crippen LogP contribution in [0.5, 0.6) is 11.5 Å². The molecule has 0 radical (unpaired) electrons. The Kier molecular flexibility index (Phi) is 4.72. The summed E-state index contributed by atoms with van der Waals surface area (Å²) in [5.41, 5.74) is 1.64. The third-order valence-corrected chi connectivity index (χ3v) is 2.79. The lowest BCUT2D eigenvalue weighted by Crippen LogP contribution is -2.15. The lowest BCUT2D eigenvalue weighted by atomic mass is 10.2. The Bertz CT molecular complexity index is 665. The molecule has 2 rings (SSSR count). The molecule has 0 bridgehead atoms. The molecule has 21 heavy (non-hydrogen) atoms. The molecule has 1 amide bonds. The van der Waals surface area contributed by atoms with Crippen molar-refractivity contribution in [2.45, 2.75) is 20.3 Å². The summed E-state index contributed by atoms with van der Waals surface area (Å²) in [6.07, 6.45) is -0.140. The molecule has 0 aliphatic carbocycles. The standard InChI is InChI=1S/C17H17NO3/c1-12-6-5-7-14(10-12)21-16-9-4-3-8-15(16)18-17(20)11-13(2)19/h3-10H,11H2,1-2H3,(H,18,20). The maximum atomic E-state index is 11.7. The summed E-state index contributed by atoms with van der Waals surface area (Å²) in [5, 5.41) is 2.69. The highest BCUT2D eigenvalue weighted by molar-refractivity contribution is 6.04. The normalized spacial score (nSPS) is 10.0. The van der Waals surface area contributed by atoms with Gasteiger partial charge in [-0.2, -0.15) is 0 Å². The van der Waals surface area contributed by atoms with Crippen molar-refractivity contribution in [2.75, 3.05) is 5.32 Å². The third-order valence-electron chi connectivity index (χ3n) is 2.79.